The lowest BCUT2D eigenvalue weighted by Crippen LogP contribution is -2.06. The van der Waals surface area contributed by atoms with Crippen LogP contribution >= 0.6 is 34.8 Å². The van der Waals surface area contributed by atoms with Gasteiger partial charge in [-0.15, -0.1) is 0 Å². The highest BCUT2D eigenvalue weighted by Gasteiger charge is 2.32. The van der Waals surface area contributed by atoms with Crippen LogP contribution in [0, 0.1) is 0 Å². The van der Waals surface area contributed by atoms with Gasteiger partial charge in [-0.25, -0.2) is 8.78 Å². The van der Waals surface area contributed by atoms with Gasteiger partial charge in [0.15, 0.2) is 0 Å². The Morgan fingerprint density at radius 3 is 1.91 bits per heavy atom. The first kappa shape index (κ1) is 17.3. The van der Waals surface area contributed by atoms with Crippen LogP contribution < -0.4 is 0 Å². The van der Waals surface area contributed by atoms with Crippen LogP contribution in [0.3, 0.4) is 0 Å². The van der Waals surface area contributed by atoms with Crippen LogP contribution in [-0.4, -0.2) is 0 Å². The molecule has 2 aromatic carbocycles. The fourth-order valence-corrected chi connectivity index (χ4v) is 2.53. The van der Waals surface area contributed by atoms with Crippen molar-refractivity contribution >= 4 is 34.8 Å². The highest BCUT2D eigenvalue weighted by molar-refractivity contribution is 6.44. The predicted molar refractivity (Wildman–Crippen MR) is 76.9 cm³/mol. The zero-order valence-corrected chi connectivity index (χ0v) is 12.8. The van der Waals surface area contributed by atoms with Crippen LogP contribution in [0.4, 0.5) is 22.0 Å². The molecule has 0 nitrogen and oxygen atoms in total. The molecule has 0 unspecified atom stereocenters. The van der Waals surface area contributed by atoms with Crippen molar-refractivity contribution in [3.05, 3.63) is 56.5 Å². The Morgan fingerprint density at radius 1 is 0.773 bits per heavy atom. The molecule has 0 aliphatic rings. The third-order valence-electron chi connectivity index (χ3n) is 2.92. The largest absolute Gasteiger partial charge is 0.416 e. The summed E-state index contributed by atoms with van der Waals surface area (Å²) in [5, 5.41) is -0.00434. The molecule has 0 saturated carbocycles. The van der Waals surface area contributed by atoms with E-state index in [-0.39, 0.29) is 26.2 Å². The van der Waals surface area contributed by atoms with E-state index in [0.717, 1.165) is 12.1 Å². The Hall–Kier alpha value is -1.04. The molecule has 2 rings (SSSR count). The summed E-state index contributed by atoms with van der Waals surface area (Å²) < 4.78 is 64.5. The average molecular weight is 376 g/mol. The van der Waals surface area contributed by atoms with Crippen molar-refractivity contribution in [2.45, 2.75) is 12.6 Å². The summed E-state index contributed by atoms with van der Waals surface area (Å²) in [5.41, 5.74) is -2.02. The fourth-order valence-electron chi connectivity index (χ4n) is 1.89. The van der Waals surface area contributed by atoms with E-state index >= 15 is 0 Å². The highest BCUT2D eigenvalue weighted by Crippen LogP contribution is 2.41. The van der Waals surface area contributed by atoms with Crippen molar-refractivity contribution in [1.29, 1.82) is 0 Å². The molecule has 0 N–H and O–H groups in total. The van der Waals surface area contributed by atoms with Gasteiger partial charge in [-0.05, 0) is 29.8 Å². The van der Waals surface area contributed by atoms with E-state index in [0.29, 0.717) is 12.1 Å². The molecule has 0 heterocycles. The molecule has 0 aromatic heterocycles. The second kappa shape index (κ2) is 6.22. The number of hydrogen-bond acceptors (Lipinski definition) is 0. The molecule has 0 atom stereocenters. The molecule has 0 bridgehead atoms. The summed E-state index contributed by atoms with van der Waals surface area (Å²) in [6.45, 7) is 0. The summed E-state index contributed by atoms with van der Waals surface area (Å²) in [7, 11) is 0. The lowest BCUT2D eigenvalue weighted by Gasteiger charge is -2.15. The van der Waals surface area contributed by atoms with Crippen LogP contribution in [-0.2, 0) is 6.18 Å². The molecule has 22 heavy (non-hydrogen) atoms. The van der Waals surface area contributed by atoms with E-state index in [1.54, 1.807) is 0 Å². The maximum Gasteiger partial charge on any atom is 0.416 e. The van der Waals surface area contributed by atoms with Gasteiger partial charge in [-0.2, -0.15) is 13.2 Å². The first-order valence-electron chi connectivity index (χ1n) is 5.75. The second-order valence-corrected chi connectivity index (χ2v) is 5.57. The molecule has 0 spiro atoms. The third-order valence-corrected chi connectivity index (χ3v) is 3.95. The zero-order chi connectivity index (χ0) is 16.7. The lowest BCUT2D eigenvalue weighted by molar-refractivity contribution is -0.137. The molecular weight excluding hydrogens is 370 g/mol. The Morgan fingerprint density at radius 2 is 1.36 bits per heavy atom. The molecule has 0 amide bonds. The summed E-state index contributed by atoms with van der Waals surface area (Å²) >= 11 is 17.4. The maximum absolute atomic E-state index is 13.1. The smallest absolute Gasteiger partial charge is 0.205 e. The number of alkyl halides is 5. The van der Waals surface area contributed by atoms with Crippen LogP contribution in [0.25, 0.3) is 11.1 Å². The van der Waals surface area contributed by atoms with Gasteiger partial charge < -0.3 is 0 Å². The Kier molecular flexibility index (Phi) is 4.90. The van der Waals surface area contributed by atoms with Crippen LogP contribution in [0.1, 0.15) is 17.6 Å². The monoisotopic (exact) mass is 374 g/mol. The predicted octanol–water partition coefficient (Wildman–Crippen LogP) is 7.27. The minimum atomic E-state index is -4.67. The SMILES string of the molecule is FC(F)c1ccc(C(F)(F)F)cc1-c1cc(Cl)c(Cl)cc1Cl. The van der Waals surface area contributed by atoms with Gasteiger partial charge in [0.1, 0.15) is 0 Å². The molecule has 8 heteroatoms. The summed E-state index contributed by atoms with van der Waals surface area (Å²) in [6.07, 6.45) is -7.64. The molecule has 0 radical (unpaired) electrons. The minimum Gasteiger partial charge on any atom is -0.205 e. The van der Waals surface area contributed by atoms with Crippen LogP contribution in [0.15, 0.2) is 30.3 Å². The van der Waals surface area contributed by atoms with Crippen molar-refractivity contribution < 1.29 is 22.0 Å². The first-order chi connectivity index (χ1) is 10.1. The number of hydrogen-bond donors (Lipinski definition) is 0. The topological polar surface area (TPSA) is 0 Å². The Bertz CT molecular complexity index is 710. The van der Waals surface area contributed by atoms with Gasteiger partial charge in [-0.1, -0.05) is 40.9 Å². The molecule has 0 saturated heterocycles. The van der Waals surface area contributed by atoms with Crippen molar-refractivity contribution in [2.75, 3.05) is 0 Å². The number of rotatable bonds is 2. The lowest BCUT2D eigenvalue weighted by atomic mass is 9.97. The van der Waals surface area contributed by atoms with Gasteiger partial charge in [0.25, 0.3) is 6.43 Å². The van der Waals surface area contributed by atoms with E-state index in [2.05, 4.69) is 0 Å². The van der Waals surface area contributed by atoms with Crippen molar-refractivity contribution in [2.24, 2.45) is 0 Å². The Labute approximate surface area is 137 Å². The van der Waals surface area contributed by atoms with Crippen molar-refractivity contribution in [1.82, 2.24) is 0 Å². The average Bonchev–Trinajstić information content (AvgIpc) is 2.41. The second-order valence-electron chi connectivity index (χ2n) is 4.35. The summed E-state index contributed by atoms with van der Waals surface area (Å²) in [6, 6.07) is 4.29. The standard InChI is InChI=1S/C14H6Cl3F5/c15-10-5-12(17)11(16)4-9(10)8-3-6(14(20,21)22)1-2-7(8)13(18)19/h1-5,13H. The number of benzene rings is 2. The molecule has 2 aromatic rings. The summed E-state index contributed by atoms with van der Waals surface area (Å²) in [4.78, 5) is 0. The van der Waals surface area contributed by atoms with Gasteiger partial charge in [0.2, 0.25) is 0 Å². The van der Waals surface area contributed by atoms with Crippen LogP contribution in [0.5, 0.6) is 0 Å². The Balaban J connectivity index is 2.74. The van der Waals surface area contributed by atoms with Gasteiger partial charge >= 0.3 is 6.18 Å². The molecular formula is C14H6Cl3F5. The van der Waals surface area contributed by atoms with Gasteiger partial charge in [0.05, 0.1) is 15.6 Å². The summed E-state index contributed by atoms with van der Waals surface area (Å²) in [5.74, 6) is 0. The highest BCUT2D eigenvalue weighted by atomic mass is 35.5. The minimum absolute atomic E-state index is 0.00121. The maximum atomic E-state index is 13.1. The first-order valence-corrected chi connectivity index (χ1v) is 6.89. The molecule has 0 aliphatic heterocycles. The van der Waals surface area contributed by atoms with Crippen LogP contribution in [0.2, 0.25) is 15.1 Å². The van der Waals surface area contributed by atoms with Crippen molar-refractivity contribution in [3.63, 3.8) is 0 Å². The molecule has 118 valence electrons. The normalized spacial score (nSPS) is 12.0. The zero-order valence-electron chi connectivity index (χ0n) is 10.5. The number of halogens is 8. The van der Waals surface area contributed by atoms with E-state index in [1.165, 1.54) is 6.07 Å². The van der Waals surface area contributed by atoms with E-state index < -0.39 is 23.7 Å². The third kappa shape index (κ3) is 3.47. The van der Waals surface area contributed by atoms with E-state index in [9.17, 15) is 22.0 Å². The fraction of sp³-hybridized carbons (Fsp3) is 0.143. The van der Waals surface area contributed by atoms with Crippen molar-refractivity contribution in [3.8, 4) is 11.1 Å². The molecule has 0 aliphatic carbocycles. The van der Waals surface area contributed by atoms with Gasteiger partial charge in [0, 0.05) is 16.1 Å². The molecule has 0 fully saturated rings. The van der Waals surface area contributed by atoms with E-state index in [1.807, 2.05) is 0 Å². The van der Waals surface area contributed by atoms with E-state index in [4.69, 9.17) is 34.8 Å². The quantitative estimate of drug-likeness (QED) is 0.382. The van der Waals surface area contributed by atoms with Gasteiger partial charge in [-0.3, -0.25) is 0 Å².